The number of aromatic nitrogens is 1. The van der Waals surface area contributed by atoms with Crippen LogP contribution in [0.1, 0.15) is 42.9 Å². The first-order chi connectivity index (χ1) is 11.3. The lowest BCUT2D eigenvalue weighted by atomic mass is 9.78. The molecule has 0 amide bonds. The molecule has 2 heterocycles. The van der Waals surface area contributed by atoms with E-state index in [-0.39, 0.29) is 0 Å². The number of likely N-dealkylation sites (tertiary alicyclic amines) is 1. The molecule has 0 spiro atoms. The Balaban J connectivity index is 1.92. The minimum Gasteiger partial charge on any atom is -0.392 e. The highest BCUT2D eigenvalue weighted by Gasteiger charge is 2.34. The Bertz CT molecular complexity index is 561. The second-order valence-corrected chi connectivity index (χ2v) is 6.69. The zero-order valence-corrected chi connectivity index (χ0v) is 14.1. The first-order valence-electron chi connectivity index (χ1n) is 8.71. The van der Waals surface area contributed by atoms with Crippen molar-refractivity contribution >= 4 is 5.71 Å². The minimum atomic E-state index is 0.312. The van der Waals surface area contributed by atoms with Crippen LogP contribution in [-0.2, 0) is 11.3 Å². The van der Waals surface area contributed by atoms with Crippen molar-refractivity contribution in [2.24, 2.45) is 11.1 Å². The van der Waals surface area contributed by atoms with Gasteiger partial charge >= 0.3 is 0 Å². The Hall–Kier alpha value is -1.68. The van der Waals surface area contributed by atoms with E-state index in [1.54, 1.807) is 6.08 Å². The van der Waals surface area contributed by atoms with E-state index in [2.05, 4.69) is 35.8 Å². The molecule has 0 aromatic carbocycles. The van der Waals surface area contributed by atoms with Crippen molar-refractivity contribution in [1.29, 1.82) is 0 Å². The van der Waals surface area contributed by atoms with Gasteiger partial charge in [0, 0.05) is 12.1 Å². The lowest BCUT2D eigenvalue weighted by molar-refractivity contribution is 0.168. The van der Waals surface area contributed by atoms with Crippen LogP contribution in [0, 0.1) is 5.92 Å². The summed E-state index contributed by atoms with van der Waals surface area (Å²) in [5.74, 6) is 0.927. The van der Waals surface area contributed by atoms with Gasteiger partial charge in [-0.15, -0.1) is 0 Å². The summed E-state index contributed by atoms with van der Waals surface area (Å²) in [6, 6.07) is 4.29. The molecule has 4 heteroatoms. The number of fused-ring (bicyclic) bond motifs is 1. The molecular weight excluding hydrogens is 286 g/mol. The summed E-state index contributed by atoms with van der Waals surface area (Å²) in [4.78, 5) is 12.6. The normalized spacial score (nSPS) is 24.9. The zero-order chi connectivity index (χ0) is 16.1. The van der Waals surface area contributed by atoms with Crippen LogP contribution in [0.25, 0.3) is 0 Å². The Morgan fingerprint density at radius 1 is 1.39 bits per heavy atom. The highest BCUT2D eigenvalue weighted by atomic mass is 16.6. The molecule has 1 aromatic heterocycles. The quantitative estimate of drug-likeness (QED) is 0.370. The molecule has 4 nitrogen and oxygen atoms in total. The van der Waals surface area contributed by atoms with Gasteiger partial charge in [-0.05, 0) is 69.8 Å². The van der Waals surface area contributed by atoms with Crippen molar-refractivity contribution in [3.63, 3.8) is 0 Å². The molecule has 0 radical (unpaired) electrons. The van der Waals surface area contributed by atoms with Crippen LogP contribution in [0.4, 0.5) is 0 Å². The first kappa shape index (κ1) is 16.2. The molecule has 1 atom stereocenters. The number of aryl methyl sites for hydroxylation is 1. The Morgan fingerprint density at radius 2 is 2.22 bits per heavy atom. The van der Waals surface area contributed by atoms with Crippen molar-refractivity contribution in [3.05, 3.63) is 42.2 Å². The fourth-order valence-electron chi connectivity index (χ4n) is 3.85. The molecule has 1 unspecified atom stereocenters. The fraction of sp³-hybridized carbons (Fsp3) is 0.579. The Morgan fingerprint density at radius 3 is 3.00 bits per heavy atom. The topological polar surface area (TPSA) is 37.7 Å². The Kier molecular flexibility index (Phi) is 5.44. The highest BCUT2D eigenvalue weighted by molar-refractivity contribution is 5.91. The second-order valence-electron chi connectivity index (χ2n) is 6.69. The number of hydrogen-bond donors (Lipinski definition) is 0. The zero-order valence-electron chi connectivity index (χ0n) is 14.1. The van der Waals surface area contributed by atoms with E-state index in [4.69, 9.17) is 9.82 Å². The third-order valence-corrected chi connectivity index (χ3v) is 5.07. The number of hydrogen-bond acceptors (Lipinski definition) is 4. The Labute approximate surface area is 139 Å². The predicted molar refractivity (Wildman–Crippen MR) is 93.7 cm³/mol. The number of pyridine rings is 1. The summed E-state index contributed by atoms with van der Waals surface area (Å²) >= 11 is 0. The van der Waals surface area contributed by atoms with Gasteiger partial charge in [0.05, 0.1) is 11.4 Å². The second kappa shape index (κ2) is 7.73. The van der Waals surface area contributed by atoms with Gasteiger partial charge in [-0.3, -0.25) is 4.98 Å². The van der Waals surface area contributed by atoms with Crippen molar-refractivity contribution in [3.8, 4) is 0 Å². The summed E-state index contributed by atoms with van der Waals surface area (Å²) in [6.07, 6.45) is 9.30. The van der Waals surface area contributed by atoms with Gasteiger partial charge in [0.15, 0.2) is 0 Å². The third-order valence-electron chi connectivity index (χ3n) is 5.07. The summed E-state index contributed by atoms with van der Waals surface area (Å²) in [7, 11) is 2.21. The van der Waals surface area contributed by atoms with E-state index in [1.807, 2.05) is 6.20 Å². The average Bonchev–Trinajstić information content (AvgIpc) is 2.75. The first-order valence-corrected chi connectivity index (χ1v) is 8.71. The van der Waals surface area contributed by atoms with Gasteiger partial charge in [-0.1, -0.05) is 23.9 Å². The molecule has 0 saturated carbocycles. The molecule has 1 saturated heterocycles. The van der Waals surface area contributed by atoms with Crippen LogP contribution in [0.2, 0.25) is 0 Å². The van der Waals surface area contributed by atoms with Gasteiger partial charge in [0.1, 0.15) is 6.61 Å². The standard InChI is InChI=1S/C19H27N3O/c1-3-14-23-21-17-8-4-6-16-7-5-11-20-19(16)18(17)15-9-12-22(2)13-10-15/h3,5,7,11,15,18H,1,4,6,8-10,12-14H2,2H3. The maximum atomic E-state index is 5.47. The fourth-order valence-corrected chi connectivity index (χ4v) is 3.85. The molecule has 124 valence electrons. The summed E-state index contributed by atoms with van der Waals surface area (Å²) in [6.45, 7) is 6.49. The lowest BCUT2D eigenvalue weighted by Crippen LogP contribution is -2.35. The molecular formula is C19H27N3O. The molecule has 1 aliphatic heterocycles. The number of oxime groups is 1. The largest absolute Gasteiger partial charge is 0.392 e. The van der Waals surface area contributed by atoms with Crippen molar-refractivity contribution < 1.29 is 4.84 Å². The highest BCUT2D eigenvalue weighted by Crippen LogP contribution is 2.38. The van der Waals surface area contributed by atoms with Gasteiger partial charge in [0.25, 0.3) is 0 Å². The van der Waals surface area contributed by atoms with Crippen LogP contribution < -0.4 is 0 Å². The van der Waals surface area contributed by atoms with Crippen LogP contribution in [0.15, 0.2) is 36.1 Å². The molecule has 1 fully saturated rings. The van der Waals surface area contributed by atoms with E-state index in [1.165, 1.54) is 29.8 Å². The van der Waals surface area contributed by atoms with Crippen LogP contribution >= 0.6 is 0 Å². The maximum absolute atomic E-state index is 5.47. The van der Waals surface area contributed by atoms with Crippen molar-refractivity contribution in [2.45, 2.75) is 38.0 Å². The molecule has 0 bridgehead atoms. The average molecular weight is 313 g/mol. The monoisotopic (exact) mass is 313 g/mol. The van der Waals surface area contributed by atoms with E-state index in [9.17, 15) is 0 Å². The van der Waals surface area contributed by atoms with E-state index < -0.39 is 0 Å². The van der Waals surface area contributed by atoms with Gasteiger partial charge in [-0.25, -0.2) is 0 Å². The number of nitrogens with zero attached hydrogens (tertiary/aromatic N) is 3. The van der Waals surface area contributed by atoms with Gasteiger partial charge in [-0.2, -0.15) is 0 Å². The molecule has 1 aliphatic carbocycles. The molecule has 23 heavy (non-hydrogen) atoms. The molecule has 2 aliphatic rings. The van der Waals surface area contributed by atoms with E-state index in [0.29, 0.717) is 18.4 Å². The summed E-state index contributed by atoms with van der Waals surface area (Å²) in [5, 5.41) is 4.50. The predicted octanol–water partition coefficient (Wildman–Crippen LogP) is 3.40. The van der Waals surface area contributed by atoms with Crippen LogP contribution in [0.3, 0.4) is 0 Å². The molecule has 0 N–H and O–H groups in total. The van der Waals surface area contributed by atoms with Gasteiger partial charge < -0.3 is 9.74 Å². The van der Waals surface area contributed by atoms with E-state index >= 15 is 0 Å². The molecule has 3 rings (SSSR count). The maximum Gasteiger partial charge on any atom is 0.135 e. The van der Waals surface area contributed by atoms with Gasteiger partial charge in [0.2, 0.25) is 0 Å². The smallest absolute Gasteiger partial charge is 0.135 e. The molecule has 1 aromatic rings. The lowest BCUT2D eigenvalue weighted by Gasteiger charge is -2.34. The number of piperidine rings is 1. The third kappa shape index (κ3) is 3.81. The summed E-state index contributed by atoms with van der Waals surface area (Å²) < 4.78 is 0. The minimum absolute atomic E-state index is 0.312. The van der Waals surface area contributed by atoms with E-state index in [0.717, 1.165) is 32.4 Å². The SMILES string of the molecule is C=CCON=C1CCCc2cccnc2C1C1CCN(C)CC1. The van der Waals surface area contributed by atoms with Crippen LogP contribution in [-0.4, -0.2) is 42.3 Å². The number of rotatable bonds is 4. The van der Waals surface area contributed by atoms with Crippen molar-refractivity contribution in [2.75, 3.05) is 26.7 Å². The van der Waals surface area contributed by atoms with Crippen LogP contribution in [0.5, 0.6) is 0 Å². The summed E-state index contributed by atoms with van der Waals surface area (Å²) in [5.41, 5.74) is 3.81. The van der Waals surface area contributed by atoms with Crippen molar-refractivity contribution in [1.82, 2.24) is 9.88 Å².